The first kappa shape index (κ1) is 19.6. The molecule has 150 valence electrons. The molecule has 0 bridgehead atoms. The van der Waals surface area contributed by atoms with Crippen LogP contribution in [-0.2, 0) is 14.4 Å². The summed E-state index contributed by atoms with van der Waals surface area (Å²) in [6, 6.07) is -0.631. The average molecular weight is 449 g/mol. The summed E-state index contributed by atoms with van der Waals surface area (Å²) in [6.07, 6.45) is 7.57. The Bertz CT molecular complexity index is 1010. The Kier molecular flexibility index (Phi) is 5.65. The van der Waals surface area contributed by atoms with Gasteiger partial charge in [-0.3, -0.25) is 14.6 Å². The van der Waals surface area contributed by atoms with E-state index in [0.29, 0.717) is 10.8 Å². The number of β-lactam (4-membered cyclic amide) rings is 1. The number of hydrogen-bond donors (Lipinski definition) is 2. The maximum Gasteiger partial charge on any atom is 0.276 e. The summed E-state index contributed by atoms with van der Waals surface area (Å²) in [6.45, 7) is 0. The number of nitrogens with zero attached hydrogens (tertiary/aromatic N) is 4. The number of amides is 2. The van der Waals surface area contributed by atoms with Crippen LogP contribution in [0, 0.1) is 0 Å². The summed E-state index contributed by atoms with van der Waals surface area (Å²) >= 11 is 4.33. The van der Waals surface area contributed by atoms with Gasteiger partial charge in [-0.2, -0.15) is 0 Å². The number of thioether (sulfide) groups is 1. The van der Waals surface area contributed by atoms with Crippen LogP contribution in [0.2, 0.25) is 0 Å². The van der Waals surface area contributed by atoms with Crippen molar-refractivity contribution in [2.75, 3.05) is 18.6 Å². The molecule has 2 aliphatic heterocycles. The molecule has 3 N–H and O–H groups in total. The number of aromatic nitrogens is 2. The molecule has 0 spiro atoms. The lowest BCUT2D eigenvalue weighted by Crippen LogP contribution is -2.69. The van der Waals surface area contributed by atoms with Gasteiger partial charge < -0.3 is 20.8 Å². The first-order valence-corrected chi connectivity index (χ1v) is 11.2. The highest BCUT2D eigenvalue weighted by atomic mass is 32.2. The summed E-state index contributed by atoms with van der Waals surface area (Å²) in [4.78, 5) is 40.7. The Labute approximate surface area is 178 Å². The van der Waals surface area contributed by atoms with Crippen LogP contribution >= 0.6 is 34.4 Å². The van der Waals surface area contributed by atoms with Crippen molar-refractivity contribution >= 4 is 63.2 Å². The fourth-order valence-corrected chi connectivity index (χ4v) is 5.12. The van der Waals surface area contributed by atoms with Crippen molar-refractivity contribution in [2.45, 2.75) is 11.4 Å². The van der Waals surface area contributed by atoms with Crippen molar-refractivity contribution in [1.82, 2.24) is 20.2 Å². The smallest absolute Gasteiger partial charge is 0.276 e. The van der Waals surface area contributed by atoms with Crippen molar-refractivity contribution < 1.29 is 14.4 Å². The van der Waals surface area contributed by atoms with Crippen LogP contribution in [0.15, 0.2) is 40.1 Å². The lowest BCUT2D eigenvalue weighted by atomic mass is 10.1. The van der Waals surface area contributed by atoms with Gasteiger partial charge in [0.15, 0.2) is 10.8 Å². The molecule has 0 aromatic carbocycles. The van der Waals surface area contributed by atoms with Crippen molar-refractivity contribution in [1.29, 1.82) is 0 Å². The van der Waals surface area contributed by atoms with E-state index in [-0.39, 0.29) is 17.0 Å². The molecule has 2 atom stereocenters. The molecule has 12 heteroatoms. The molecule has 0 radical (unpaired) electrons. The van der Waals surface area contributed by atoms with Gasteiger partial charge in [0.25, 0.3) is 11.8 Å². The maximum absolute atomic E-state index is 12.7. The standard InChI is InChI=1S/C17H16N6O3S3/c1-26-22-12(11-7-28-17(18)20-11)14(24)21-13-15(25)23-5-9(6-27-16(13)23)2-3-10-4-19-8-29-10/h2-5,7-8,13,16H,6H2,1H3,(H2,18,20)(H,21,24)/b3-2+,22-12+/t13?,16-/m1/s1. The predicted octanol–water partition coefficient (Wildman–Crippen LogP) is 1.53. The third-order valence-electron chi connectivity index (χ3n) is 4.17. The van der Waals surface area contributed by atoms with Crippen LogP contribution in [0.3, 0.4) is 0 Å². The van der Waals surface area contributed by atoms with E-state index in [1.54, 1.807) is 45.1 Å². The summed E-state index contributed by atoms with van der Waals surface area (Å²) < 4.78 is 0. The van der Waals surface area contributed by atoms with Gasteiger partial charge in [-0.1, -0.05) is 11.2 Å². The number of fused-ring (bicyclic) bond motifs is 1. The van der Waals surface area contributed by atoms with Gasteiger partial charge in [0, 0.05) is 28.4 Å². The number of rotatable bonds is 6. The monoisotopic (exact) mass is 448 g/mol. The number of nitrogen functional groups attached to an aromatic ring is 1. The lowest BCUT2D eigenvalue weighted by Gasteiger charge is -2.47. The van der Waals surface area contributed by atoms with E-state index in [1.165, 1.54) is 18.4 Å². The summed E-state index contributed by atoms with van der Waals surface area (Å²) in [5.74, 6) is 0.0296. The Hall–Kier alpha value is -2.70. The minimum Gasteiger partial charge on any atom is -0.398 e. The predicted molar refractivity (Wildman–Crippen MR) is 114 cm³/mol. The van der Waals surface area contributed by atoms with Gasteiger partial charge in [0.1, 0.15) is 24.2 Å². The topological polar surface area (TPSA) is 123 Å². The second-order valence-electron chi connectivity index (χ2n) is 6.03. The fourth-order valence-electron chi connectivity index (χ4n) is 2.82. The van der Waals surface area contributed by atoms with Gasteiger partial charge in [0.2, 0.25) is 0 Å². The fraction of sp³-hybridized carbons (Fsp3) is 0.235. The molecular formula is C17H16N6O3S3. The number of carbonyl (C=O) groups is 2. The number of thiazole rings is 2. The Morgan fingerprint density at radius 1 is 1.45 bits per heavy atom. The van der Waals surface area contributed by atoms with E-state index < -0.39 is 11.9 Å². The molecule has 4 heterocycles. The number of nitrogens with one attached hydrogen (secondary N) is 1. The Morgan fingerprint density at radius 3 is 3.00 bits per heavy atom. The number of allylic oxidation sites excluding steroid dienone is 1. The summed E-state index contributed by atoms with van der Waals surface area (Å²) in [7, 11) is 1.34. The second kappa shape index (κ2) is 8.35. The van der Waals surface area contributed by atoms with Crippen molar-refractivity contribution in [3.8, 4) is 0 Å². The highest BCUT2D eigenvalue weighted by Crippen LogP contribution is 2.36. The van der Waals surface area contributed by atoms with Crippen LogP contribution in [0.25, 0.3) is 6.08 Å². The van der Waals surface area contributed by atoms with Gasteiger partial charge >= 0.3 is 0 Å². The number of oxime groups is 1. The molecule has 2 aromatic heterocycles. The second-order valence-corrected chi connectivity index (χ2v) is 8.95. The van der Waals surface area contributed by atoms with Crippen molar-refractivity contribution in [3.05, 3.63) is 45.5 Å². The number of hydrogen-bond acceptors (Lipinski definition) is 10. The molecule has 0 saturated carbocycles. The Morgan fingerprint density at radius 2 is 2.31 bits per heavy atom. The number of nitrogens with two attached hydrogens (primary N) is 1. The Balaban J connectivity index is 1.42. The van der Waals surface area contributed by atoms with Crippen molar-refractivity contribution in [3.63, 3.8) is 0 Å². The average Bonchev–Trinajstić information content (AvgIpc) is 3.40. The van der Waals surface area contributed by atoms with Crippen LogP contribution < -0.4 is 11.1 Å². The van der Waals surface area contributed by atoms with Crippen LogP contribution in [0.4, 0.5) is 5.13 Å². The minimum absolute atomic E-state index is 0.0174. The quantitative estimate of drug-likeness (QED) is 0.390. The third kappa shape index (κ3) is 4.04. The minimum atomic E-state index is -0.631. The van der Waals surface area contributed by atoms with Gasteiger partial charge in [-0.05, 0) is 11.6 Å². The highest BCUT2D eigenvalue weighted by Gasteiger charge is 2.49. The van der Waals surface area contributed by atoms with Crippen LogP contribution in [0.5, 0.6) is 0 Å². The molecule has 2 amide bonds. The zero-order valence-electron chi connectivity index (χ0n) is 15.1. The highest BCUT2D eigenvalue weighted by molar-refractivity contribution is 8.00. The molecule has 4 rings (SSSR count). The molecule has 29 heavy (non-hydrogen) atoms. The van der Waals surface area contributed by atoms with Crippen LogP contribution in [0.1, 0.15) is 10.6 Å². The SMILES string of the molecule is CO/N=C(/C(=O)NC1C(=O)N2C=C(/C=C/c3cncs3)CS[C@H]12)c1csc(N)n1. The number of anilines is 1. The molecule has 2 aliphatic rings. The van der Waals surface area contributed by atoms with Gasteiger partial charge in [-0.15, -0.1) is 34.4 Å². The zero-order chi connectivity index (χ0) is 20.4. The summed E-state index contributed by atoms with van der Waals surface area (Å²) in [5.41, 5.74) is 8.72. The first-order valence-electron chi connectivity index (χ1n) is 8.41. The van der Waals surface area contributed by atoms with Gasteiger partial charge in [-0.25, -0.2) is 4.98 Å². The number of carbonyl (C=O) groups excluding carboxylic acids is 2. The van der Waals surface area contributed by atoms with E-state index in [1.807, 2.05) is 18.4 Å². The van der Waals surface area contributed by atoms with E-state index in [0.717, 1.165) is 16.2 Å². The van der Waals surface area contributed by atoms with E-state index in [4.69, 9.17) is 10.6 Å². The van der Waals surface area contributed by atoms with E-state index in [2.05, 4.69) is 20.4 Å². The molecule has 1 unspecified atom stereocenters. The normalized spacial score (nSPS) is 21.6. The van der Waals surface area contributed by atoms with Crippen LogP contribution in [-0.4, -0.2) is 56.7 Å². The largest absolute Gasteiger partial charge is 0.398 e. The van der Waals surface area contributed by atoms with Gasteiger partial charge in [0.05, 0.1) is 5.51 Å². The molecule has 2 aromatic rings. The molecule has 1 saturated heterocycles. The maximum atomic E-state index is 12.7. The van der Waals surface area contributed by atoms with E-state index in [9.17, 15) is 9.59 Å². The first-order chi connectivity index (χ1) is 14.1. The molecule has 9 nitrogen and oxygen atoms in total. The molecular weight excluding hydrogens is 432 g/mol. The summed E-state index contributed by atoms with van der Waals surface area (Å²) in [5, 5.41) is 8.25. The molecule has 1 fully saturated rings. The zero-order valence-corrected chi connectivity index (χ0v) is 17.6. The van der Waals surface area contributed by atoms with Crippen molar-refractivity contribution in [2.24, 2.45) is 5.16 Å². The van der Waals surface area contributed by atoms with E-state index >= 15 is 0 Å². The lowest BCUT2D eigenvalue weighted by molar-refractivity contribution is -0.143. The molecule has 0 aliphatic carbocycles. The third-order valence-corrected chi connectivity index (χ3v) is 6.92.